The topological polar surface area (TPSA) is 51.2 Å². The number of amides is 1. The lowest BCUT2D eigenvalue weighted by Crippen LogP contribution is -2.32. The molecular formula is C13H17ClN2O2. The summed E-state index contributed by atoms with van der Waals surface area (Å²) in [7, 11) is 0. The zero-order valence-electron chi connectivity index (χ0n) is 10.4. The van der Waals surface area contributed by atoms with Crippen LogP contribution < -0.4 is 5.32 Å². The van der Waals surface area contributed by atoms with Gasteiger partial charge in [0.1, 0.15) is 5.15 Å². The molecule has 0 spiro atoms. The summed E-state index contributed by atoms with van der Waals surface area (Å²) >= 11 is 5.68. The highest BCUT2D eigenvalue weighted by Gasteiger charge is 2.26. The first-order valence-corrected chi connectivity index (χ1v) is 6.60. The van der Waals surface area contributed by atoms with Gasteiger partial charge in [0.15, 0.2) is 0 Å². The van der Waals surface area contributed by atoms with Crippen LogP contribution in [-0.2, 0) is 4.74 Å². The van der Waals surface area contributed by atoms with E-state index < -0.39 is 0 Å². The zero-order valence-corrected chi connectivity index (χ0v) is 11.1. The number of ether oxygens (including phenoxy) is 1. The second kappa shape index (κ2) is 6.16. The van der Waals surface area contributed by atoms with E-state index in [4.69, 9.17) is 16.3 Å². The minimum absolute atomic E-state index is 0.110. The van der Waals surface area contributed by atoms with E-state index >= 15 is 0 Å². The van der Waals surface area contributed by atoms with E-state index in [0.29, 0.717) is 23.2 Å². The Kier molecular flexibility index (Phi) is 4.55. The van der Waals surface area contributed by atoms with Crippen LogP contribution in [0.25, 0.3) is 0 Å². The van der Waals surface area contributed by atoms with Crippen LogP contribution in [0.15, 0.2) is 18.3 Å². The molecule has 4 nitrogen and oxygen atoms in total. The molecule has 0 aromatic carbocycles. The molecule has 5 heteroatoms. The summed E-state index contributed by atoms with van der Waals surface area (Å²) in [6.45, 7) is 3.55. The van der Waals surface area contributed by atoms with Crippen molar-refractivity contribution in [3.8, 4) is 0 Å². The van der Waals surface area contributed by atoms with Crippen molar-refractivity contribution in [3.63, 3.8) is 0 Å². The fraction of sp³-hybridized carbons (Fsp3) is 0.538. The second-order valence-corrected chi connectivity index (χ2v) is 4.83. The van der Waals surface area contributed by atoms with Crippen molar-refractivity contribution < 1.29 is 9.53 Å². The van der Waals surface area contributed by atoms with Crippen molar-refractivity contribution in [2.75, 3.05) is 13.2 Å². The van der Waals surface area contributed by atoms with E-state index in [0.717, 1.165) is 19.4 Å². The van der Waals surface area contributed by atoms with Crippen LogP contribution in [0.2, 0.25) is 5.15 Å². The Labute approximate surface area is 112 Å². The van der Waals surface area contributed by atoms with Crippen LogP contribution in [0.5, 0.6) is 0 Å². The molecule has 2 unspecified atom stereocenters. The number of nitrogens with one attached hydrogen (secondary N) is 1. The molecule has 1 saturated heterocycles. The third-order valence-electron chi connectivity index (χ3n) is 3.26. The fourth-order valence-electron chi connectivity index (χ4n) is 2.21. The maximum Gasteiger partial charge on any atom is 0.252 e. The van der Waals surface area contributed by atoms with E-state index in [1.165, 1.54) is 6.20 Å². The molecule has 1 N–H and O–H groups in total. The first-order chi connectivity index (χ1) is 8.70. The van der Waals surface area contributed by atoms with Gasteiger partial charge in [-0.15, -0.1) is 0 Å². The molecule has 98 valence electrons. The number of pyridine rings is 1. The summed E-state index contributed by atoms with van der Waals surface area (Å²) in [6, 6.07) is 3.29. The van der Waals surface area contributed by atoms with Gasteiger partial charge in [0, 0.05) is 25.3 Å². The number of hydrogen-bond donors (Lipinski definition) is 1. The lowest BCUT2D eigenvalue weighted by Gasteiger charge is -2.17. The van der Waals surface area contributed by atoms with Crippen LogP contribution in [-0.4, -0.2) is 30.1 Å². The summed E-state index contributed by atoms with van der Waals surface area (Å²) in [5.41, 5.74) is 0.534. The molecule has 0 radical (unpaired) electrons. The second-order valence-electron chi connectivity index (χ2n) is 4.45. The van der Waals surface area contributed by atoms with E-state index in [9.17, 15) is 4.79 Å². The van der Waals surface area contributed by atoms with Gasteiger partial charge in [-0.3, -0.25) is 4.79 Å². The molecule has 1 aliphatic rings. The Bertz CT molecular complexity index is 408. The van der Waals surface area contributed by atoms with Crippen molar-refractivity contribution in [2.45, 2.75) is 25.9 Å². The fourth-order valence-corrected chi connectivity index (χ4v) is 2.33. The van der Waals surface area contributed by atoms with Crippen LogP contribution in [0.3, 0.4) is 0 Å². The lowest BCUT2D eigenvalue weighted by molar-refractivity contribution is 0.0826. The van der Waals surface area contributed by atoms with Gasteiger partial charge in [0.25, 0.3) is 5.91 Å². The van der Waals surface area contributed by atoms with Crippen molar-refractivity contribution in [1.29, 1.82) is 0 Å². The summed E-state index contributed by atoms with van der Waals surface area (Å²) < 4.78 is 5.59. The van der Waals surface area contributed by atoms with E-state index in [1.54, 1.807) is 12.1 Å². The van der Waals surface area contributed by atoms with E-state index in [2.05, 4.69) is 17.2 Å². The highest BCUT2D eigenvalue weighted by molar-refractivity contribution is 6.29. The van der Waals surface area contributed by atoms with E-state index in [1.807, 2.05) is 0 Å². The maximum absolute atomic E-state index is 11.9. The van der Waals surface area contributed by atoms with Gasteiger partial charge >= 0.3 is 0 Å². The van der Waals surface area contributed by atoms with Gasteiger partial charge in [0.05, 0.1) is 11.7 Å². The molecule has 0 bridgehead atoms. The minimum Gasteiger partial charge on any atom is -0.378 e. The van der Waals surface area contributed by atoms with Crippen molar-refractivity contribution in [3.05, 3.63) is 29.0 Å². The van der Waals surface area contributed by atoms with Crippen LogP contribution >= 0.6 is 11.6 Å². The Hall–Kier alpha value is -1.13. The SMILES string of the molecule is CCC1OCCC1CNC(=O)c1ccc(Cl)nc1. The Morgan fingerprint density at radius 3 is 3.11 bits per heavy atom. The molecule has 0 saturated carbocycles. The highest BCUT2D eigenvalue weighted by atomic mass is 35.5. The molecule has 2 heterocycles. The summed E-state index contributed by atoms with van der Waals surface area (Å²) in [5.74, 6) is 0.306. The average Bonchev–Trinajstić information content (AvgIpc) is 2.84. The van der Waals surface area contributed by atoms with Crippen molar-refractivity contribution in [1.82, 2.24) is 10.3 Å². The molecule has 1 fully saturated rings. The molecular weight excluding hydrogens is 252 g/mol. The first-order valence-electron chi connectivity index (χ1n) is 6.22. The minimum atomic E-state index is -0.110. The van der Waals surface area contributed by atoms with Crippen LogP contribution in [0.4, 0.5) is 0 Å². The van der Waals surface area contributed by atoms with Gasteiger partial charge in [-0.2, -0.15) is 0 Å². The van der Waals surface area contributed by atoms with Gasteiger partial charge in [-0.25, -0.2) is 4.98 Å². The number of aromatic nitrogens is 1. The molecule has 0 aliphatic carbocycles. The van der Waals surface area contributed by atoms with Gasteiger partial charge in [0.2, 0.25) is 0 Å². The Morgan fingerprint density at radius 2 is 2.44 bits per heavy atom. The normalized spacial score (nSPS) is 23.0. The maximum atomic E-state index is 11.9. The monoisotopic (exact) mass is 268 g/mol. The quantitative estimate of drug-likeness (QED) is 0.853. The molecule has 1 aliphatic heterocycles. The smallest absolute Gasteiger partial charge is 0.252 e. The standard InChI is InChI=1S/C13H17ClN2O2/c1-2-11-9(5-6-18-11)7-16-13(17)10-3-4-12(14)15-8-10/h3-4,8-9,11H,2,5-7H2,1H3,(H,16,17). The number of carbonyl (C=O) groups is 1. The average molecular weight is 269 g/mol. The highest BCUT2D eigenvalue weighted by Crippen LogP contribution is 2.22. The lowest BCUT2D eigenvalue weighted by atomic mass is 9.99. The predicted molar refractivity (Wildman–Crippen MR) is 69.7 cm³/mol. The predicted octanol–water partition coefficient (Wildman–Crippen LogP) is 2.28. The van der Waals surface area contributed by atoms with Crippen molar-refractivity contribution >= 4 is 17.5 Å². The van der Waals surface area contributed by atoms with Gasteiger partial charge < -0.3 is 10.1 Å². The largest absolute Gasteiger partial charge is 0.378 e. The van der Waals surface area contributed by atoms with Crippen LogP contribution in [0.1, 0.15) is 30.1 Å². The molecule has 1 aromatic rings. The zero-order chi connectivity index (χ0) is 13.0. The Morgan fingerprint density at radius 1 is 1.61 bits per heavy atom. The van der Waals surface area contributed by atoms with Gasteiger partial charge in [-0.05, 0) is 25.0 Å². The summed E-state index contributed by atoms with van der Waals surface area (Å²) in [6.07, 6.45) is 3.76. The molecule has 18 heavy (non-hydrogen) atoms. The molecule has 2 atom stereocenters. The molecule has 2 rings (SSSR count). The van der Waals surface area contributed by atoms with Crippen LogP contribution in [0, 0.1) is 5.92 Å². The number of carbonyl (C=O) groups excluding carboxylic acids is 1. The Balaban J connectivity index is 1.86. The third kappa shape index (κ3) is 3.21. The third-order valence-corrected chi connectivity index (χ3v) is 3.49. The molecule has 1 aromatic heterocycles. The van der Waals surface area contributed by atoms with Gasteiger partial charge in [-0.1, -0.05) is 18.5 Å². The van der Waals surface area contributed by atoms with Crippen molar-refractivity contribution in [2.24, 2.45) is 5.92 Å². The number of rotatable bonds is 4. The first kappa shape index (κ1) is 13.3. The number of hydrogen-bond acceptors (Lipinski definition) is 3. The molecule has 1 amide bonds. The summed E-state index contributed by atoms with van der Waals surface area (Å²) in [5, 5.41) is 3.31. The summed E-state index contributed by atoms with van der Waals surface area (Å²) in [4.78, 5) is 15.8. The van der Waals surface area contributed by atoms with E-state index in [-0.39, 0.29) is 12.0 Å². The number of halogens is 1. The number of nitrogens with zero attached hydrogens (tertiary/aromatic N) is 1.